The molecule has 0 unspecified atom stereocenters. The molecule has 0 atom stereocenters. The number of amides is 2. The minimum atomic E-state index is -0.508. The molecule has 0 aliphatic rings. The van der Waals surface area contributed by atoms with Gasteiger partial charge in [-0.1, -0.05) is 28.1 Å². The fourth-order valence-electron chi connectivity index (χ4n) is 1.73. The van der Waals surface area contributed by atoms with E-state index < -0.39 is 17.6 Å². The lowest BCUT2D eigenvalue weighted by Crippen LogP contribution is -2.44. The summed E-state index contributed by atoms with van der Waals surface area (Å²) < 4.78 is 24.6. The van der Waals surface area contributed by atoms with Gasteiger partial charge in [0, 0.05) is 4.47 Å². The molecule has 0 saturated heterocycles. The summed E-state index contributed by atoms with van der Waals surface area (Å²) in [6.07, 6.45) is -0.0395. The molecular weight excluding hydrogens is 395 g/mol. The van der Waals surface area contributed by atoms with Gasteiger partial charge in [-0.05, 0) is 36.4 Å². The van der Waals surface area contributed by atoms with Crippen LogP contribution in [0.25, 0.3) is 0 Å². The monoisotopic (exact) mass is 410 g/mol. The third-order valence-corrected chi connectivity index (χ3v) is 3.48. The van der Waals surface area contributed by atoms with Crippen molar-refractivity contribution in [1.82, 2.24) is 10.9 Å². The van der Waals surface area contributed by atoms with Crippen molar-refractivity contribution in [2.24, 2.45) is 0 Å². The smallest absolute Gasteiger partial charge is 0.276 e. The number of carbonyl (C=O) groups excluding carboxylic acids is 2. The lowest BCUT2D eigenvalue weighted by Gasteiger charge is -2.10. The first-order valence-electron chi connectivity index (χ1n) is 7.38. The number of hydrazine groups is 1. The Morgan fingerprint density at radius 2 is 1.64 bits per heavy atom. The van der Waals surface area contributed by atoms with Crippen molar-refractivity contribution in [3.63, 3.8) is 0 Å². The SMILES string of the molecule is O=C(CCOc1ccccc1F)NNC(=O)COc1ccc(Br)cc1. The first-order chi connectivity index (χ1) is 12.0. The second kappa shape index (κ2) is 9.63. The fourth-order valence-corrected chi connectivity index (χ4v) is 2.00. The van der Waals surface area contributed by atoms with Gasteiger partial charge in [-0.3, -0.25) is 20.4 Å². The molecular formula is C17H16BrFN2O4. The predicted octanol–water partition coefficient (Wildman–Crippen LogP) is 2.58. The number of ether oxygens (including phenoxy) is 2. The number of halogens is 2. The Bertz CT molecular complexity index is 725. The molecule has 0 spiro atoms. The number of para-hydroxylation sites is 1. The molecule has 0 aliphatic heterocycles. The summed E-state index contributed by atoms with van der Waals surface area (Å²) in [5, 5.41) is 0. The Labute approximate surface area is 152 Å². The summed E-state index contributed by atoms with van der Waals surface area (Å²) in [5.74, 6) is -0.869. The van der Waals surface area contributed by atoms with Crippen LogP contribution in [0.2, 0.25) is 0 Å². The maximum absolute atomic E-state index is 13.3. The van der Waals surface area contributed by atoms with Crippen molar-refractivity contribution >= 4 is 27.7 Å². The van der Waals surface area contributed by atoms with Crippen LogP contribution in [-0.4, -0.2) is 25.0 Å². The van der Waals surface area contributed by atoms with Gasteiger partial charge in [-0.2, -0.15) is 0 Å². The second-order valence-corrected chi connectivity index (χ2v) is 5.78. The van der Waals surface area contributed by atoms with E-state index in [9.17, 15) is 14.0 Å². The average molecular weight is 411 g/mol. The van der Waals surface area contributed by atoms with Crippen LogP contribution in [0.5, 0.6) is 11.5 Å². The van der Waals surface area contributed by atoms with E-state index in [0.717, 1.165) is 4.47 Å². The lowest BCUT2D eigenvalue weighted by atomic mass is 10.3. The predicted molar refractivity (Wildman–Crippen MR) is 92.4 cm³/mol. The van der Waals surface area contributed by atoms with E-state index in [1.165, 1.54) is 12.1 Å². The standard InChI is InChI=1S/C17H16BrFN2O4/c18-12-5-7-13(8-6-12)25-11-17(23)21-20-16(22)9-10-24-15-4-2-1-3-14(15)19/h1-8H,9-11H2,(H,20,22)(H,21,23). The maximum atomic E-state index is 13.3. The van der Waals surface area contributed by atoms with E-state index in [1.807, 2.05) is 0 Å². The molecule has 0 radical (unpaired) electrons. The van der Waals surface area contributed by atoms with E-state index >= 15 is 0 Å². The van der Waals surface area contributed by atoms with Gasteiger partial charge in [0.1, 0.15) is 5.75 Å². The highest BCUT2D eigenvalue weighted by atomic mass is 79.9. The Kier molecular flexibility index (Phi) is 7.21. The fraction of sp³-hybridized carbons (Fsp3) is 0.176. The third-order valence-electron chi connectivity index (χ3n) is 2.95. The molecule has 0 aromatic heterocycles. The van der Waals surface area contributed by atoms with E-state index in [0.29, 0.717) is 5.75 Å². The van der Waals surface area contributed by atoms with Crippen LogP contribution >= 0.6 is 15.9 Å². The van der Waals surface area contributed by atoms with Crippen LogP contribution in [0.4, 0.5) is 4.39 Å². The summed E-state index contributed by atoms with van der Waals surface area (Å²) in [5.41, 5.74) is 4.45. The average Bonchev–Trinajstić information content (AvgIpc) is 2.61. The van der Waals surface area contributed by atoms with Crippen molar-refractivity contribution in [2.45, 2.75) is 6.42 Å². The van der Waals surface area contributed by atoms with Crippen molar-refractivity contribution in [3.05, 3.63) is 58.8 Å². The van der Waals surface area contributed by atoms with Crippen LogP contribution in [0.3, 0.4) is 0 Å². The zero-order valence-electron chi connectivity index (χ0n) is 13.1. The molecule has 6 nitrogen and oxygen atoms in total. The summed E-state index contributed by atoms with van der Waals surface area (Å²) in [7, 11) is 0. The number of hydrogen-bond acceptors (Lipinski definition) is 4. The minimum absolute atomic E-state index is 0.0158. The first kappa shape index (κ1) is 18.7. The molecule has 0 aliphatic carbocycles. The Balaban J connectivity index is 1.61. The van der Waals surface area contributed by atoms with Crippen molar-refractivity contribution < 1.29 is 23.5 Å². The molecule has 132 valence electrons. The molecule has 2 N–H and O–H groups in total. The Morgan fingerprint density at radius 1 is 0.960 bits per heavy atom. The van der Waals surface area contributed by atoms with Crippen LogP contribution in [0, 0.1) is 5.82 Å². The largest absolute Gasteiger partial charge is 0.490 e. The summed E-state index contributed by atoms with van der Waals surface area (Å²) >= 11 is 3.29. The van der Waals surface area contributed by atoms with Crippen LogP contribution in [-0.2, 0) is 9.59 Å². The molecule has 0 bridgehead atoms. The molecule has 2 aromatic carbocycles. The third kappa shape index (κ3) is 6.80. The van der Waals surface area contributed by atoms with Crippen molar-refractivity contribution in [1.29, 1.82) is 0 Å². The summed E-state index contributed by atoms with van der Waals surface area (Å²) in [6, 6.07) is 12.9. The van der Waals surface area contributed by atoms with Crippen molar-refractivity contribution in [3.8, 4) is 11.5 Å². The Morgan fingerprint density at radius 3 is 2.36 bits per heavy atom. The number of benzene rings is 2. The Hall–Kier alpha value is -2.61. The highest BCUT2D eigenvalue weighted by Crippen LogP contribution is 2.16. The second-order valence-electron chi connectivity index (χ2n) is 4.87. The lowest BCUT2D eigenvalue weighted by molar-refractivity contribution is -0.130. The normalized spacial score (nSPS) is 10.0. The van der Waals surface area contributed by atoms with Gasteiger partial charge >= 0.3 is 0 Å². The zero-order chi connectivity index (χ0) is 18.1. The quantitative estimate of drug-likeness (QED) is 0.687. The van der Waals surface area contributed by atoms with E-state index in [1.54, 1.807) is 36.4 Å². The number of hydrogen-bond donors (Lipinski definition) is 2. The highest BCUT2D eigenvalue weighted by molar-refractivity contribution is 9.10. The summed E-state index contributed by atoms with van der Waals surface area (Å²) in [6.45, 7) is -0.258. The van der Waals surface area contributed by atoms with E-state index in [-0.39, 0.29) is 25.4 Å². The molecule has 2 amide bonds. The molecule has 2 aromatic rings. The zero-order valence-corrected chi connectivity index (χ0v) is 14.7. The maximum Gasteiger partial charge on any atom is 0.276 e. The minimum Gasteiger partial charge on any atom is -0.490 e. The van der Waals surface area contributed by atoms with Gasteiger partial charge in [0.25, 0.3) is 5.91 Å². The van der Waals surface area contributed by atoms with Crippen molar-refractivity contribution in [2.75, 3.05) is 13.2 Å². The van der Waals surface area contributed by atoms with Crippen LogP contribution in [0.1, 0.15) is 6.42 Å². The van der Waals surface area contributed by atoms with Gasteiger partial charge in [-0.25, -0.2) is 4.39 Å². The van der Waals surface area contributed by atoms with Crippen LogP contribution in [0.15, 0.2) is 53.0 Å². The first-order valence-corrected chi connectivity index (χ1v) is 8.17. The molecule has 8 heteroatoms. The van der Waals surface area contributed by atoms with Crippen LogP contribution < -0.4 is 20.3 Å². The number of nitrogens with one attached hydrogen (secondary N) is 2. The molecule has 0 saturated carbocycles. The number of carbonyl (C=O) groups is 2. The number of rotatable bonds is 7. The molecule has 0 fully saturated rings. The molecule has 0 heterocycles. The van der Waals surface area contributed by atoms with E-state index in [2.05, 4.69) is 26.8 Å². The topological polar surface area (TPSA) is 76.7 Å². The van der Waals surface area contributed by atoms with Gasteiger partial charge < -0.3 is 9.47 Å². The molecule has 2 rings (SSSR count). The van der Waals surface area contributed by atoms with Gasteiger partial charge in [0.05, 0.1) is 13.0 Å². The van der Waals surface area contributed by atoms with Gasteiger partial charge in [-0.15, -0.1) is 0 Å². The van der Waals surface area contributed by atoms with E-state index in [4.69, 9.17) is 9.47 Å². The van der Waals surface area contributed by atoms with Gasteiger partial charge in [0.15, 0.2) is 18.2 Å². The van der Waals surface area contributed by atoms with Gasteiger partial charge in [0.2, 0.25) is 5.91 Å². The molecule has 25 heavy (non-hydrogen) atoms. The highest BCUT2D eigenvalue weighted by Gasteiger charge is 2.07. The summed E-state index contributed by atoms with van der Waals surface area (Å²) in [4.78, 5) is 23.2.